The standard InChI is InChI=1S/C16H16N2O/c1-11-8-12(2)16(19-3)13(9-11)14-10-18-7-5-4-6-15(18)17-14/h4-10H,1-3H3. The quantitative estimate of drug-likeness (QED) is 0.696. The number of aromatic nitrogens is 2. The maximum Gasteiger partial charge on any atom is 0.137 e. The number of methoxy groups -OCH3 is 1. The van der Waals surface area contributed by atoms with Gasteiger partial charge >= 0.3 is 0 Å². The first-order valence-electron chi connectivity index (χ1n) is 6.28. The van der Waals surface area contributed by atoms with Crippen LogP contribution in [0.3, 0.4) is 0 Å². The molecule has 0 bridgehead atoms. The third-order valence-corrected chi connectivity index (χ3v) is 3.26. The van der Waals surface area contributed by atoms with Crippen molar-refractivity contribution in [3.63, 3.8) is 0 Å². The highest BCUT2D eigenvalue weighted by molar-refractivity contribution is 5.71. The van der Waals surface area contributed by atoms with Crippen molar-refractivity contribution in [2.75, 3.05) is 7.11 Å². The number of imidazole rings is 1. The summed E-state index contributed by atoms with van der Waals surface area (Å²) in [6.07, 6.45) is 4.03. The van der Waals surface area contributed by atoms with Gasteiger partial charge in [0.25, 0.3) is 0 Å². The molecule has 1 aromatic carbocycles. The highest BCUT2D eigenvalue weighted by atomic mass is 16.5. The van der Waals surface area contributed by atoms with Crippen molar-refractivity contribution in [3.8, 4) is 17.0 Å². The lowest BCUT2D eigenvalue weighted by atomic mass is 10.0. The number of fused-ring (bicyclic) bond motifs is 1. The zero-order chi connectivity index (χ0) is 13.4. The van der Waals surface area contributed by atoms with Crippen LogP contribution < -0.4 is 4.74 Å². The Morgan fingerprint density at radius 2 is 2.00 bits per heavy atom. The van der Waals surface area contributed by atoms with Crippen LogP contribution in [0, 0.1) is 13.8 Å². The lowest BCUT2D eigenvalue weighted by Gasteiger charge is -2.10. The number of benzene rings is 1. The Balaban J connectivity index is 2.25. The molecule has 0 aliphatic heterocycles. The normalized spacial score (nSPS) is 10.9. The predicted octanol–water partition coefficient (Wildman–Crippen LogP) is 3.63. The number of hydrogen-bond donors (Lipinski definition) is 0. The van der Waals surface area contributed by atoms with Gasteiger partial charge in [-0.25, -0.2) is 4.98 Å². The SMILES string of the molecule is COc1c(C)cc(C)cc1-c1cn2ccccc2n1. The summed E-state index contributed by atoms with van der Waals surface area (Å²) in [5, 5.41) is 0. The van der Waals surface area contributed by atoms with Gasteiger partial charge in [0.1, 0.15) is 11.4 Å². The van der Waals surface area contributed by atoms with Crippen LogP contribution in [0.15, 0.2) is 42.7 Å². The lowest BCUT2D eigenvalue weighted by Crippen LogP contribution is -1.92. The van der Waals surface area contributed by atoms with Crippen molar-refractivity contribution in [2.45, 2.75) is 13.8 Å². The molecular formula is C16H16N2O. The summed E-state index contributed by atoms with van der Waals surface area (Å²) in [6, 6.07) is 10.2. The van der Waals surface area contributed by atoms with Gasteiger partial charge in [-0.05, 0) is 43.2 Å². The summed E-state index contributed by atoms with van der Waals surface area (Å²) >= 11 is 0. The fraction of sp³-hybridized carbons (Fsp3) is 0.188. The molecule has 0 N–H and O–H groups in total. The van der Waals surface area contributed by atoms with Gasteiger partial charge in [0.15, 0.2) is 0 Å². The van der Waals surface area contributed by atoms with E-state index in [9.17, 15) is 0 Å². The molecule has 2 aromatic heterocycles. The van der Waals surface area contributed by atoms with E-state index in [0.29, 0.717) is 0 Å². The first-order chi connectivity index (χ1) is 9.19. The van der Waals surface area contributed by atoms with E-state index in [0.717, 1.165) is 28.2 Å². The van der Waals surface area contributed by atoms with Crippen LogP contribution in [0.1, 0.15) is 11.1 Å². The van der Waals surface area contributed by atoms with Gasteiger partial charge in [0, 0.05) is 18.0 Å². The molecule has 0 amide bonds. The van der Waals surface area contributed by atoms with Crippen LogP contribution >= 0.6 is 0 Å². The smallest absolute Gasteiger partial charge is 0.137 e. The molecule has 3 aromatic rings. The Kier molecular flexibility index (Phi) is 2.75. The van der Waals surface area contributed by atoms with Crippen molar-refractivity contribution in [1.82, 2.24) is 9.38 Å². The topological polar surface area (TPSA) is 26.5 Å². The van der Waals surface area contributed by atoms with Crippen LogP contribution in [0.5, 0.6) is 5.75 Å². The minimum absolute atomic E-state index is 0.897. The number of ether oxygens (including phenoxy) is 1. The highest BCUT2D eigenvalue weighted by Crippen LogP contribution is 2.33. The maximum atomic E-state index is 5.53. The maximum absolute atomic E-state index is 5.53. The van der Waals surface area contributed by atoms with Gasteiger partial charge < -0.3 is 9.14 Å². The van der Waals surface area contributed by atoms with Crippen LogP contribution in [-0.4, -0.2) is 16.5 Å². The number of hydrogen-bond acceptors (Lipinski definition) is 2. The third kappa shape index (κ3) is 1.97. The lowest BCUT2D eigenvalue weighted by molar-refractivity contribution is 0.413. The summed E-state index contributed by atoms with van der Waals surface area (Å²) in [5.41, 5.74) is 5.28. The van der Waals surface area contributed by atoms with E-state index in [4.69, 9.17) is 4.74 Å². The molecule has 3 heteroatoms. The molecule has 19 heavy (non-hydrogen) atoms. The van der Waals surface area contributed by atoms with E-state index in [1.165, 1.54) is 5.56 Å². The van der Waals surface area contributed by atoms with Gasteiger partial charge in [-0.3, -0.25) is 0 Å². The second-order valence-corrected chi connectivity index (χ2v) is 4.75. The molecule has 3 nitrogen and oxygen atoms in total. The molecule has 0 saturated carbocycles. The predicted molar refractivity (Wildman–Crippen MR) is 76.7 cm³/mol. The van der Waals surface area contributed by atoms with E-state index >= 15 is 0 Å². The summed E-state index contributed by atoms with van der Waals surface area (Å²) in [5.74, 6) is 0.897. The molecule has 0 spiro atoms. The molecular weight excluding hydrogens is 236 g/mol. The van der Waals surface area contributed by atoms with Crippen molar-refractivity contribution in [1.29, 1.82) is 0 Å². The van der Waals surface area contributed by atoms with E-state index in [1.54, 1.807) is 7.11 Å². The van der Waals surface area contributed by atoms with Crippen molar-refractivity contribution in [2.24, 2.45) is 0 Å². The number of rotatable bonds is 2. The summed E-state index contributed by atoms with van der Waals surface area (Å²) in [7, 11) is 1.71. The summed E-state index contributed by atoms with van der Waals surface area (Å²) in [6.45, 7) is 4.15. The van der Waals surface area contributed by atoms with Gasteiger partial charge in [0.2, 0.25) is 0 Å². The van der Waals surface area contributed by atoms with Crippen molar-refractivity contribution >= 4 is 5.65 Å². The molecule has 0 aliphatic carbocycles. The summed E-state index contributed by atoms with van der Waals surface area (Å²) < 4.78 is 7.55. The molecule has 0 atom stereocenters. The molecule has 0 fully saturated rings. The third-order valence-electron chi connectivity index (χ3n) is 3.26. The second kappa shape index (κ2) is 4.43. The Morgan fingerprint density at radius 1 is 1.16 bits per heavy atom. The van der Waals surface area contributed by atoms with E-state index in [-0.39, 0.29) is 0 Å². The monoisotopic (exact) mass is 252 g/mol. The Morgan fingerprint density at radius 3 is 2.74 bits per heavy atom. The second-order valence-electron chi connectivity index (χ2n) is 4.75. The first-order valence-corrected chi connectivity index (χ1v) is 6.28. The Hall–Kier alpha value is -2.29. The Bertz CT molecular complexity index is 711. The zero-order valence-corrected chi connectivity index (χ0v) is 11.3. The largest absolute Gasteiger partial charge is 0.496 e. The average Bonchev–Trinajstić information content (AvgIpc) is 2.81. The number of nitrogens with zero attached hydrogens (tertiary/aromatic N) is 2. The summed E-state index contributed by atoms with van der Waals surface area (Å²) in [4.78, 5) is 4.66. The van der Waals surface area contributed by atoms with E-state index in [1.807, 2.05) is 35.0 Å². The van der Waals surface area contributed by atoms with E-state index < -0.39 is 0 Å². The Labute approximate surface area is 112 Å². The van der Waals surface area contributed by atoms with Gasteiger partial charge in [-0.1, -0.05) is 12.1 Å². The molecule has 96 valence electrons. The minimum Gasteiger partial charge on any atom is -0.496 e. The van der Waals surface area contributed by atoms with E-state index in [2.05, 4.69) is 31.0 Å². The van der Waals surface area contributed by atoms with Gasteiger partial charge in [-0.2, -0.15) is 0 Å². The average molecular weight is 252 g/mol. The van der Waals surface area contributed by atoms with Crippen LogP contribution in [0.2, 0.25) is 0 Å². The fourth-order valence-corrected chi connectivity index (χ4v) is 2.48. The van der Waals surface area contributed by atoms with Gasteiger partial charge in [-0.15, -0.1) is 0 Å². The molecule has 0 unspecified atom stereocenters. The molecule has 2 heterocycles. The highest BCUT2D eigenvalue weighted by Gasteiger charge is 2.12. The van der Waals surface area contributed by atoms with Crippen molar-refractivity contribution < 1.29 is 4.74 Å². The zero-order valence-electron chi connectivity index (χ0n) is 11.3. The fourth-order valence-electron chi connectivity index (χ4n) is 2.48. The van der Waals surface area contributed by atoms with Gasteiger partial charge in [0.05, 0.1) is 12.8 Å². The minimum atomic E-state index is 0.897. The molecule has 0 radical (unpaired) electrons. The number of aryl methyl sites for hydroxylation is 2. The molecule has 0 saturated heterocycles. The van der Waals surface area contributed by atoms with Crippen LogP contribution in [0.4, 0.5) is 0 Å². The number of pyridine rings is 1. The first kappa shape index (κ1) is 11.8. The van der Waals surface area contributed by atoms with Crippen LogP contribution in [-0.2, 0) is 0 Å². The molecule has 3 rings (SSSR count). The van der Waals surface area contributed by atoms with Crippen LogP contribution in [0.25, 0.3) is 16.9 Å². The van der Waals surface area contributed by atoms with Crippen molar-refractivity contribution in [3.05, 3.63) is 53.9 Å². The molecule has 0 aliphatic rings.